The second-order valence-corrected chi connectivity index (χ2v) is 12.0. The molecule has 0 spiro atoms. The van der Waals surface area contributed by atoms with E-state index in [4.69, 9.17) is 13.1 Å². The predicted molar refractivity (Wildman–Crippen MR) is 176 cm³/mol. The third-order valence-electron chi connectivity index (χ3n) is 9.46. The third kappa shape index (κ3) is 3.80. The minimum absolute atomic E-state index is 0.0225. The van der Waals surface area contributed by atoms with Crippen LogP contribution in [0.2, 0.25) is 0 Å². The van der Waals surface area contributed by atoms with E-state index in [1.165, 1.54) is 52.5 Å². The molecule has 0 aromatic heterocycles. The molecule has 0 fully saturated rings. The first kappa shape index (κ1) is 32.5. The molecule has 4 aromatic rings. The largest absolute Gasteiger partial charge is 0.279 e. The molecule has 4 aliphatic rings. The molecule has 0 atom stereocenters. The second kappa shape index (κ2) is 10.7. The lowest BCUT2D eigenvalue weighted by molar-refractivity contribution is 0.0630. The minimum Gasteiger partial charge on any atom is -0.279 e. The molecular weight excluding hydrogens is 672 g/mol. The molecular formula is C36H16N8O8. The van der Waals surface area contributed by atoms with Gasteiger partial charge in [-0.1, -0.05) is 0 Å². The maximum Gasteiger partial charge on any atom is 0.262 e. The van der Waals surface area contributed by atoms with Crippen LogP contribution in [0.3, 0.4) is 0 Å². The van der Waals surface area contributed by atoms with Gasteiger partial charge in [0.2, 0.25) is 11.4 Å². The first-order valence-corrected chi connectivity index (χ1v) is 14.9. The third-order valence-corrected chi connectivity index (χ3v) is 9.46. The lowest BCUT2D eigenvalue weighted by atomic mass is 9.83. The fraction of sp³-hybridized carbons (Fsp3) is 0.111. The van der Waals surface area contributed by atoms with Crippen molar-refractivity contribution < 1.29 is 38.4 Å². The van der Waals surface area contributed by atoms with Crippen LogP contribution in [-0.2, 0) is 0 Å². The molecule has 0 saturated carbocycles. The van der Waals surface area contributed by atoms with Gasteiger partial charge >= 0.3 is 0 Å². The zero-order chi connectivity index (χ0) is 37.8. The number of imide groups is 4. The first-order valence-electron chi connectivity index (χ1n) is 14.9. The molecule has 0 N–H and O–H groups in total. The Balaban J connectivity index is 0.000000162. The van der Waals surface area contributed by atoms with Crippen molar-refractivity contribution >= 4 is 80.2 Å². The normalized spacial score (nSPS) is 15.4. The highest BCUT2D eigenvalue weighted by molar-refractivity contribution is 6.37. The van der Waals surface area contributed by atoms with E-state index in [1.807, 2.05) is 12.1 Å². The summed E-state index contributed by atoms with van der Waals surface area (Å²) in [6, 6.07) is 8.76. The van der Waals surface area contributed by atoms with E-state index >= 15 is 0 Å². The van der Waals surface area contributed by atoms with Crippen molar-refractivity contribution in [3.05, 3.63) is 103 Å². The van der Waals surface area contributed by atoms with Crippen LogP contribution in [-0.4, -0.2) is 95.0 Å². The number of amides is 8. The molecule has 4 heterocycles. The fourth-order valence-corrected chi connectivity index (χ4v) is 6.91. The standard InChI is InChI=1S/2C18H8N4O4/c1-20-10-5-9-12-11(17(25)21(2)16(9)24)7(6-19)4-8-13(12)14(10)18(26)22(3)15(8)23;1-20-10-5-9-12-8(15(23)21(2)16(9)24)4-7(6-19)11-14(12)13(10)18(26)22(3)17(11)25/h2*4-5H,2-3H3. The maximum atomic E-state index is 12.6. The van der Waals surface area contributed by atoms with Crippen molar-refractivity contribution in [1.29, 1.82) is 10.5 Å². The molecule has 4 aliphatic heterocycles. The van der Waals surface area contributed by atoms with Gasteiger partial charge in [-0.05, 0) is 35.0 Å². The van der Waals surface area contributed by atoms with E-state index in [-0.39, 0.29) is 88.6 Å². The van der Waals surface area contributed by atoms with Gasteiger partial charge in [-0.25, -0.2) is 9.69 Å². The number of carbonyl (C=O) groups excluding carboxylic acids is 8. The van der Waals surface area contributed by atoms with Gasteiger partial charge in [-0.2, -0.15) is 10.5 Å². The van der Waals surface area contributed by atoms with Crippen LogP contribution in [0.4, 0.5) is 11.4 Å². The van der Waals surface area contributed by atoms with Crippen LogP contribution in [0.15, 0.2) is 24.3 Å². The molecule has 8 amide bonds. The number of nitrogens with zero attached hydrogens (tertiary/aromatic N) is 8. The zero-order valence-corrected chi connectivity index (χ0v) is 27.2. The molecule has 0 saturated heterocycles. The van der Waals surface area contributed by atoms with Gasteiger partial charge < -0.3 is 0 Å². The molecule has 0 bridgehead atoms. The van der Waals surface area contributed by atoms with Gasteiger partial charge in [0.15, 0.2) is 0 Å². The van der Waals surface area contributed by atoms with E-state index in [1.54, 1.807) is 0 Å². The van der Waals surface area contributed by atoms with Crippen molar-refractivity contribution in [2.24, 2.45) is 0 Å². The maximum absolute atomic E-state index is 12.6. The van der Waals surface area contributed by atoms with Gasteiger partial charge in [0.25, 0.3) is 47.3 Å². The highest BCUT2D eigenvalue weighted by Crippen LogP contribution is 2.44. The average molecular weight is 689 g/mol. The molecule has 16 nitrogen and oxygen atoms in total. The molecule has 248 valence electrons. The molecule has 8 rings (SSSR count). The summed E-state index contributed by atoms with van der Waals surface area (Å²) in [5, 5.41) is 19.3. The number of carbonyl (C=O) groups is 8. The van der Waals surface area contributed by atoms with Crippen molar-refractivity contribution in [1.82, 2.24) is 19.6 Å². The minimum atomic E-state index is -0.711. The number of nitriles is 2. The van der Waals surface area contributed by atoms with Crippen LogP contribution < -0.4 is 0 Å². The molecule has 52 heavy (non-hydrogen) atoms. The Morgan fingerprint density at radius 3 is 1.15 bits per heavy atom. The molecule has 0 aliphatic carbocycles. The van der Waals surface area contributed by atoms with Crippen molar-refractivity contribution in [3.8, 4) is 12.1 Å². The summed E-state index contributed by atoms with van der Waals surface area (Å²) in [5.41, 5.74) is -0.372. The predicted octanol–water partition coefficient (Wildman–Crippen LogP) is 3.43. The molecule has 0 radical (unpaired) electrons. The molecule has 0 unspecified atom stereocenters. The lowest BCUT2D eigenvalue weighted by Crippen LogP contribution is -2.41. The van der Waals surface area contributed by atoms with Gasteiger partial charge in [0.05, 0.1) is 46.5 Å². The van der Waals surface area contributed by atoms with Gasteiger partial charge in [0, 0.05) is 61.2 Å². The Bertz CT molecular complexity index is 2620. The summed E-state index contributed by atoms with van der Waals surface area (Å²) in [4.78, 5) is 111. The van der Waals surface area contributed by atoms with E-state index in [2.05, 4.69) is 9.69 Å². The molecule has 16 heteroatoms. The Morgan fingerprint density at radius 2 is 0.731 bits per heavy atom. The van der Waals surface area contributed by atoms with Crippen molar-refractivity contribution in [3.63, 3.8) is 0 Å². The van der Waals surface area contributed by atoms with Crippen molar-refractivity contribution in [2.75, 3.05) is 28.2 Å². The SMILES string of the molecule is [C-]#[N+]c1cc2c3c(c(C#N)cc4c3c1C(=O)N(C)C4=O)C(=O)N(C)C2=O.[C-]#[N+]c1cc2c3c(cc(C#N)c4c3c1C(=O)N(C)C4=O)C(=O)N(C)C2=O. The Kier molecular flexibility index (Phi) is 6.69. The number of hydrogen-bond donors (Lipinski definition) is 0. The summed E-state index contributed by atoms with van der Waals surface area (Å²) in [6.07, 6.45) is 0. The number of benzene rings is 4. The smallest absolute Gasteiger partial charge is 0.262 e. The van der Waals surface area contributed by atoms with Gasteiger partial charge in [0.1, 0.15) is 12.1 Å². The topological polar surface area (TPSA) is 206 Å². The number of rotatable bonds is 0. The molecule has 4 aromatic carbocycles. The van der Waals surface area contributed by atoms with Gasteiger partial charge in [-0.15, -0.1) is 0 Å². The fourth-order valence-electron chi connectivity index (χ4n) is 6.91. The Morgan fingerprint density at radius 1 is 0.442 bits per heavy atom. The van der Waals surface area contributed by atoms with Crippen LogP contribution in [0.1, 0.15) is 94.0 Å². The summed E-state index contributed by atoms with van der Waals surface area (Å²) in [7, 11) is 5.10. The Hall–Kier alpha value is -8.08. The first-order chi connectivity index (χ1) is 24.7. The van der Waals surface area contributed by atoms with Crippen LogP contribution in [0.5, 0.6) is 0 Å². The van der Waals surface area contributed by atoms with Crippen LogP contribution in [0.25, 0.3) is 31.2 Å². The van der Waals surface area contributed by atoms with Crippen LogP contribution >= 0.6 is 0 Å². The lowest BCUT2D eigenvalue weighted by Gasteiger charge is -2.30. The quantitative estimate of drug-likeness (QED) is 0.194. The van der Waals surface area contributed by atoms with E-state index in [0.717, 1.165) is 19.6 Å². The summed E-state index contributed by atoms with van der Waals surface area (Å²) in [6.45, 7) is 14.7. The van der Waals surface area contributed by atoms with Crippen LogP contribution in [0, 0.1) is 35.8 Å². The summed E-state index contributed by atoms with van der Waals surface area (Å²) >= 11 is 0. The highest BCUT2D eigenvalue weighted by Gasteiger charge is 2.42. The van der Waals surface area contributed by atoms with Crippen molar-refractivity contribution in [2.45, 2.75) is 0 Å². The number of hydrogen-bond acceptors (Lipinski definition) is 10. The van der Waals surface area contributed by atoms with E-state index < -0.39 is 47.3 Å². The zero-order valence-electron chi connectivity index (χ0n) is 27.2. The summed E-state index contributed by atoms with van der Waals surface area (Å²) < 4.78 is 0. The summed E-state index contributed by atoms with van der Waals surface area (Å²) in [5.74, 6) is -5.37. The highest BCUT2D eigenvalue weighted by atomic mass is 16.2. The Labute approximate surface area is 291 Å². The monoisotopic (exact) mass is 688 g/mol. The van der Waals surface area contributed by atoms with E-state index in [0.29, 0.717) is 0 Å². The van der Waals surface area contributed by atoms with E-state index in [9.17, 15) is 48.9 Å². The second-order valence-electron chi connectivity index (χ2n) is 12.0. The average Bonchev–Trinajstić information content (AvgIpc) is 3.15. The van der Waals surface area contributed by atoms with Gasteiger partial charge in [-0.3, -0.25) is 58.0 Å².